The van der Waals surface area contributed by atoms with Gasteiger partial charge < -0.3 is 0 Å². The second kappa shape index (κ2) is 8.46. The van der Waals surface area contributed by atoms with Crippen LogP contribution in [0.15, 0.2) is 89.9 Å². The first-order valence-corrected chi connectivity index (χ1v) is 8.69. The molecule has 2 heteroatoms. The number of halogens is 1. The minimum Gasteiger partial charge on any atom is -0.268 e. The summed E-state index contributed by atoms with van der Waals surface area (Å²) in [4.78, 5) is 4.57. The lowest BCUT2D eigenvalue weighted by Gasteiger charge is -2.09. The zero-order chi connectivity index (χ0) is 17.5. The van der Waals surface area contributed by atoms with Crippen molar-refractivity contribution in [3.05, 3.63) is 107 Å². The smallest absolute Gasteiger partial charge is 0.131 e. The lowest BCUT2D eigenvalue weighted by Crippen LogP contribution is -1.95. The van der Waals surface area contributed by atoms with Crippen LogP contribution in [0, 0.1) is 0 Å². The highest BCUT2D eigenvalue weighted by atomic mass is 35.5. The van der Waals surface area contributed by atoms with Crippen LogP contribution in [0.1, 0.15) is 29.2 Å². The van der Waals surface area contributed by atoms with Crippen LogP contribution in [0.25, 0.3) is 11.6 Å². The molecular weight excluding hydrogens is 326 g/mol. The van der Waals surface area contributed by atoms with E-state index < -0.39 is 0 Å². The predicted molar refractivity (Wildman–Crippen MR) is 109 cm³/mol. The second-order valence-electron chi connectivity index (χ2n) is 5.87. The van der Waals surface area contributed by atoms with E-state index in [1.54, 1.807) is 0 Å². The van der Waals surface area contributed by atoms with E-state index in [9.17, 15) is 0 Å². The van der Waals surface area contributed by atoms with E-state index in [0.29, 0.717) is 11.7 Å². The summed E-state index contributed by atoms with van der Waals surface area (Å²) in [6.07, 6.45) is 2.20. The molecule has 25 heavy (non-hydrogen) atoms. The molecule has 0 aliphatic rings. The molecule has 0 spiro atoms. The molecule has 1 nitrogen and oxygen atoms in total. The van der Waals surface area contributed by atoms with Crippen LogP contribution in [0.5, 0.6) is 0 Å². The van der Waals surface area contributed by atoms with E-state index in [0.717, 1.165) is 5.56 Å². The molecule has 3 aromatic rings. The molecule has 3 rings (SSSR count). The Kier molecular flexibility index (Phi) is 5.81. The lowest BCUT2D eigenvalue weighted by molar-refractivity contribution is 1.07. The SMILES string of the molecule is C/C(=C/c1ccccc1)c1ccccc1CN=C(Cl)c1ccccc1. The fourth-order valence-corrected chi connectivity index (χ4v) is 2.93. The third kappa shape index (κ3) is 4.68. The molecular formula is C23H20ClN. The fourth-order valence-electron chi connectivity index (χ4n) is 2.74. The minimum absolute atomic E-state index is 0.542. The molecule has 0 aliphatic carbocycles. The highest BCUT2D eigenvalue weighted by molar-refractivity contribution is 6.69. The molecule has 0 aliphatic heterocycles. The summed E-state index contributed by atoms with van der Waals surface area (Å²) in [7, 11) is 0. The van der Waals surface area contributed by atoms with Crippen LogP contribution >= 0.6 is 11.6 Å². The molecule has 3 aromatic carbocycles. The molecule has 0 saturated carbocycles. The highest BCUT2D eigenvalue weighted by Crippen LogP contribution is 2.22. The summed E-state index contributed by atoms with van der Waals surface area (Å²) in [6.45, 7) is 2.69. The number of rotatable bonds is 5. The Bertz CT molecular complexity index is 880. The van der Waals surface area contributed by atoms with Crippen LogP contribution in [0.3, 0.4) is 0 Å². The molecule has 0 aromatic heterocycles. The summed E-state index contributed by atoms with van der Waals surface area (Å²) >= 11 is 6.35. The summed E-state index contributed by atoms with van der Waals surface area (Å²) in [6, 6.07) is 28.5. The Morgan fingerprint density at radius 2 is 1.44 bits per heavy atom. The number of aliphatic imine (C=N–C) groups is 1. The molecule has 0 amide bonds. The Morgan fingerprint density at radius 3 is 2.16 bits per heavy atom. The molecule has 0 bridgehead atoms. The zero-order valence-corrected chi connectivity index (χ0v) is 14.9. The first-order valence-electron chi connectivity index (χ1n) is 8.31. The molecule has 0 heterocycles. The summed E-state index contributed by atoms with van der Waals surface area (Å²) < 4.78 is 0. The van der Waals surface area contributed by atoms with Gasteiger partial charge in [0.05, 0.1) is 6.54 Å². The monoisotopic (exact) mass is 345 g/mol. The van der Waals surface area contributed by atoms with E-state index in [1.807, 2.05) is 42.5 Å². The number of allylic oxidation sites excluding steroid dienone is 1. The van der Waals surface area contributed by atoms with Gasteiger partial charge in [-0.05, 0) is 29.2 Å². The Hall–Kier alpha value is -2.64. The van der Waals surface area contributed by atoms with Crippen LogP contribution in [0.2, 0.25) is 0 Å². The van der Waals surface area contributed by atoms with E-state index in [1.165, 1.54) is 22.3 Å². The maximum Gasteiger partial charge on any atom is 0.131 e. The van der Waals surface area contributed by atoms with Crippen molar-refractivity contribution in [1.29, 1.82) is 0 Å². The van der Waals surface area contributed by atoms with Crippen LogP contribution in [-0.4, -0.2) is 5.17 Å². The topological polar surface area (TPSA) is 12.4 Å². The number of hydrogen-bond acceptors (Lipinski definition) is 1. The van der Waals surface area contributed by atoms with E-state index in [4.69, 9.17) is 11.6 Å². The van der Waals surface area contributed by atoms with Gasteiger partial charge in [0.2, 0.25) is 0 Å². The minimum atomic E-state index is 0.542. The molecule has 124 valence electrons. The number of benzene rings is 3. The predicted octanol–water partition coefficient (Wildman–Crippen LogP) is 6.43. The van der Waals surface area contributed by atoms with Gasteiger partial charge >= 0.3 is 0 Å². The van der Waals surface area contributed by atoms with Crippen LogP contribution < -0.4 is 0 Å². The maximum atomic E-state index is 6.35. The van der Waals surface area contributed by atoms with E-state index in [2.05, 4.69) is 60.5 Å². The third-order valence-corrected chi connectivity index (χ3v) is 4.36. The fraction of sp³-hybridized carbons (Fsp3) is 0.0870. The average Bonchev–Trinajstić information content (AvgIpc) is 2.68. The summed E-state index contributed by atoms with van der Waals surface area (Å²) in [5, 5.41) is 0.542. The Morgan fingerprint density at radius 1 is 0.840 bits per heavy atom. The molecule has 0 unspecified atom stereocenters. The largest absolute Gasteiger partial charge is 0.268 e. The van der Waals surface area contributed by atoms with Crippen molar-refractivity contribution in [1.82, 2.24) is 0 Å². The van der Waals surface area contributed by atoms with E-state index in [-0.39, 0.29) is 0 Å². The van der Waals surface area contributed by atoms with Crippen molar-refractivity contribution in [2.24, 2.45) is 4.99 Å². The normalized spacial score (nSPS) is 12.2. The number of hydrogen-bond donors (Lipinski definition) is 0. The van der Waals surface area contributed by atoms with Crippen molar-refractivity contribution in [3.8, 4) is 0 Å². The highest BCUT2D eigenvalue weighted by Gasteiger charge is 2.05. The standard InChI is InChI=1S/C23H20ClN/c1-18(16-19-10-4-2-5-11-19)22-15-9-8-14-21(22)17-25-23(24)20-12-6-3-7-13-20/h2-16H,17H2,1H3/b18-16-,25-23?. The Labute approximate surface area is 154 Å². The summed E-state index contributed by atoms with van der Waals surface area (Å²) in [5.41, 5.74) is 5.72. The third-order valence-electron chi connectivity index (χ3n) is 4.03. The first-order chi connectivity index (χ1) is 12.2. The van der Waals surface area contributed by atoms with Gasteiger partial charge in [-0.1, -0.05) is 103 Å². The van der Waals surface area contributed by atoms with Crippen molar-refractivity contribution in [2.75, 3.05) is 0 Å². The number of nitrogens with zero attached hydrogens (tertiary/aromatic N) is 1. The molecule has 0 N–H and O–H groups in total. The zero-order valence-electron chi connectivity index (χ0n) is 14.2. The van der Waals surface area contributed by atoms with Gasteiger partial charge in [-0.2, -0.15) is 0 Å². The molecule has 0 saturated heterocycles. The van der Waals surface area contributed by atoms with Gasteiger partial charge in [0.15, 0.2) is 0 Å². The van der Waals surface area contributed by atoms with Crippen molar-refractivity contribution >= 4 is 28.4 Å². The molecule has 0 atom stereocenters. The molecule has 0 fully saturated rings. The van der Waals surface area contributed by atoms with Gasteiger partial charge in [0.1, 0.15) is 5.17 Å². The van der Waals surface area contributed by atoms with Gasteiger partial charge in [0, 0.05) is 5.56 Å². The quantitative estimate of drug-likeness (QED) is 0.373. The van der Waals surface area contributed by atoms with Crippen LogP contribution in [0.4, 0.5) is 0 Å². The molecule has 0 radical (unpaired) electrons. The second-order valence-corrected chi connectivity index (χ2v) is 6.23. The van der Waals surface area contributed by atoms with Gasteiger partial charge in [0.25, 0.3) is 0 Å². The first kappa shape index (κ1) is 17.2. The average molecular weight is 346 g/mol. The maximum absolute atomic E-state index is 6.35. The summed E-state index contributed by atoms with van der Waals surface area (Å²) in [5.74, 6) is 0. The Balaban J connectivity index is 1.85. The van der Waals surface area contributed by atoms with Crippen LogP contribution in [-0.2, 0) is 6.54 Å². The van der Waals surface area contributed by atoms with Gasteiger partial charge in [-0.3, -0.25) is 4.99 Å². The lowest BCUT2D eigenvalue weighted by atomic mass is 9.99. The van der Waals surface area contributed by atoms with Crippen molar-refractivity contribution < 1.29 is 0 Å². The van der Waals surface area contributed by atoms with Crippen molar-refractivity contribution in [3.63, 3.8) is 0 Å². The van der Waals surface area contributed by atoms with Crippen molar-refractivity contribution in [2.45, 2.75) is 13.5 Å². The van der Waals surface area contributed by atoms with E-state index >= 15 is 0 Å². The van der Waals surface area contributed by atoms with Gasteiger partial charge in [-0.15, -0.1) is 0 Å². The van der Waals surface area contributed by atoms with Gasteiger partial charge in [-0.25, -0.2) is 0 Å².